The van der Waals surface area contributed by atoms with Crippen molar-refractivity contribution in [2.45, 2.75) is 51.5 Å². The quantitative estimate of drug-likeness (QED) is 0.525. The number of benzene rings is 1. The Morgan fingerprint density at radius 1 is 1.10 bits per heavy atom. The monoisotopic (exact) mass is 418 g/mol. The summed E-state index contributed by atoms with van der Waals surface area (Å²) in [6.07, 6.45) is 2.22. The van der Waals surface area contributed by atoms with Crippen molar-refractivity contribution in [2.75, 3.05) is 13.2 Å². The molecular weight excluding hydrogens is 392 g/mol. The number of aromatic nitrogens is 1. The zero-order chi connectivity index (χ0) is 21.3. The van der Waals surface area contributed by atoms with Crippen LogP contribution in [0.5, 0.6) is 0 Å². The summed E-state index contributed by atoms with van der Waals surface area (Å²) in [6, 6.07) is 7.00. The Balaban J connectivity index is 1.55. The molecule has 0 bridgehead atoms. The Morgan fingerprint density at radius 2 is 1.79 bits per heavy atom. The number of carbonyl (C=O) groups excluding carboxylic acids is 2. The molecular formula is C21H26N2O5S. The highest BCUT2D eigenvalue weighted by Crippen LogP contribution is 2.38. The maximum atomic E-state index is 12.4. The minimum Gasteiger partial charge on any atom is -0.456 e. The topological polar surface area (TPSA) is 94.5 Å². The summed E-state index contributed by atoms with van der Waals surface area (Å²) in [6.45, 7) is 6.58. The number of esters is 1. The normalized spacial score (nSPS) is 14.1. The first kappa shape index (κ1) is 21.3. The van der Waals surface area contributed by atoms with Crippen molar-refractivity contribution < 1.29 is 22.7 Å². The second kappa shape index (κ2) is 8.12. The van der Waals surface area contributed by atoms with Gasteiger partial charge in [-0.2, -0.15) is 4.72 Å². The molecule has 0 radical (unpaired) electrons. The van der Waals surface area contributed by atoms with Gasteiger partial charge in [0.05, 0.1) is 4.90 Å². The van der Waals surface area contributed by atoms with Gasteiger partial charge in [-0.3, -0.25) is 9.59 Å². The third-order valence-electron chi connectivity index (χ3n) is 5.26. The van der Waals surface area contributed by atoms with Crippen molar-refractivity contribution in [3.05, 3.63) is 52.3 Å². The number of carbonyl (C=O) groups is 2. The van der Waals surface area contributed by atoms with Gasteiger partial charge in [0.2, 0.25) is 15.8 Å². The molecule has 1 saturated carbocycles. The predicted octanol–water partition coefficient (Wildman–Crippen LogP) is 2.76. The number of nitrogens with zero attached hydrogens (tertiary/aromatic N) is 1. The molecule has 2 aromatic rings. The number of nitrogens with one attached hydrogen (secondary N) is 1. The van der Waals surface area contributed by atoms with Crippen LogP contribution < -0.4 is 4.72 Å². The number of aryl methyl sites for hydroxylation is 3. The molecule has 0 amide bonds. The zero-order valence-corrected chi connectivity index (χ0v) is 17.9. The molecule has 7 nitrogen and oxygen atoms in total. The Kier molecular flexibility index (Phi) is 5.95. The lowest BCUT2D eigenvalue weighted by molar-refractivity contribution is -0.141. The van der Waals surface area contributed by atoms with Crippen molar-refractivity contribution in [1.29, 1.82) is 0 Å². The van der Waals surface area contributed by atoms with Gasteiger partial charge in [-0.1, -0.05) is 6.07 Å². The van der Waals surface area contributed by atoms with E-state index in [1.165, 1.54) is 6.07 Å². The van der Waals surface area contributed by atoms with Gasteiger partial charge in [0.15, 0.2) is 6.61 Å². The van der Waals surface area contributed by atoms with E-state index in [1.807, 2.05) is 33.8 Å². The third-order valence-corrected chi connectivity index (χ3v) is 6.66. The van der Waals surface area contributed by atoms with Gasteiger partial charge in [0.1, 0.15) is 6.54 Å². The molecule has 1 fully saturated rings. The Morgan fingerprint density at radius 3 is 2.41 bits per heavy atom. The lowest BCUT2D eigenvalue weighted by Crippen LogP contribution is -2.31. The molecule has 0 unspecified atom stereocenters. The molecule has 1 heterocycles. The Hall–Kier alpha value is -2.45. The molecule has 156 valence electrons. The van der Waals surface area contributed by atoms with E-state index in [2.05, 4.69) is 9.29 Å². The Bertz CT molecular complexity index is 1060. The van der Waals surface area contributed by atoms with Gasteiger partial charge in [0, 0.05) is 23.0 Å². The first-order valence-electron chi connectivity index (χ1n) is 9.54. The van der Waals surface area contributed by atoms with Gasteiger partial charge in [0.25, 0.3) is 0 Å². The summed E-state index contributed by atoms with van der Waals surface area (Å²) in [5.41, 5.74) is 4.24. The molecule has 1 aliphatic rings. The summed E-state index contributed by atoms with van der Waals surface area (Å²) in [4.78, 5) is 24.5. The standard InChI is InChI=1S/C21H26N2O5S/c1-13-5-8-18(9-14(13)2)29(26,27)22-11-21(25)28-12-20(24)19-10-15(3)23(16(19)4)17-6-7-17/h5,8-10,17,22H,6-7,11-12H2,1-4H3. The van der Waals surface area contributed by atoms with Crippen molar-refractivity contribution in [3.63, 3.8) is 0 Å². The predicted molar refractivity (Wildman–Crippen MR) is 109 cm³/mol. The molecule has 8 heteroatoms. The fourth-order valence-corrected chi connectivity index (χ4v) is 4.40. The molecule has 1 aromatic carbocycles. The number of ketones is 1. The van der Waals surface area contributed by atoms with Crippen molar-refractivity contribution in [1.82, 2.24) is 9.29 Å². The van der Waals surface area contributed by atoms with Crippen LogP contribution in [0.3, 0.4) is 0 Å². The minimum absolute atomic E-state index is 0.0805. The molecule has 29 heavy (non-hydrogen) atoms. The number of ether oxygens (including phenoxy) is 1. The van der Waals surface area contributed by atoms with E-state index in [4.69, 9.17) is 4.74 Å². The molecule has 0 saturated heterocycles. The molecule has 1 aromatic heterocycles. The summed E-state index contributed by atoms with van der Waals surface area (Å²) >= 11 is 0. The fraction of sp³-hybridized carbons (Fsp3) is 0.429. The average Bonchev–Trinajstić information content (AvgIpc) is 3.45. The van der Waals surface area contributed by atoms with E-state index in [9.17, 15) is 18.0 Å². The van der Waals surface area contributed by atoms with Gasteiger partial charge in [-0.05, 0) is 69.9 Å². The van der Waals surface area contributed by atoms with Crippen LogP contribution in [-0.4, -0.2) is 37.9 Å². The van der Waals surface area contributed by atoms with Gasteiger partial charge < -0.3 is 9.30 Å². The average molecular weight is 419 g/mol. The van der Waals surface area contributed by atoms with Crippen LogP contribution in [0.2, 0.25) is 0 Å². The van der Waals surface area contributed by atoms with Crippen molar-refractivity contribution >= 4 is 21.8 Å². The SMILES string of the molecule is Cc1ccc(S(=O)(=O)NCC(=O)OCC(=O)c2cc(C)n(C3CC3)c2C)cc1C. The van der Waals surface area contributed by atoms with Crippen LogP contribution in [0.4, 0.5) is 0 Å². The molecule has 3 rings (SSSR count). The Labute approximate surface area is 171 Å². The second-order valence-corrected chi connectivity index (χ2v) is 9.31. The molecule has 0 aliphatic heterocycles. The zero-order valence-electron chi connectivity index (χ0n) is 17.1. The van der Waals surface area contributed by atoms with Gasteiger partial charge in [-0.15, -0.1) is 0 Å². The maximum absolute atomic E-state index is 12.4. The van der Waals surface area contributed by atoms with Gasteiger partial charge in [-0.25, -0.2) is 8.42 Å². The molecule has 0 spiro atoms. The van der Waals surface area contributed by atoms with E-state index in [0.717, 1.165) is 35.4 Å². The van der Waals surface area contributed by atoms with E-state index < -0.39 is 29.1 Å². The summed E-state index contributed by atoms with van der Waals surface area (Å²) < 4.78 is 34.0. The highest BCUT2D eigenvalue weighted by Gasteiger charge is 2.28. The fourth-order valence-electron chi connectivity index (χ4n) is 3.35. The number of hydrogen-bond donors (Lipinski definition) is 1. The number of rotatable bonds is 8. The van der Waals surface area contributed by atoms with E-state index >= 15 is 0 Å². The van der Waals surface area contributed by atoms with E-state index in [0.29, 0.717) is 11.6 Å². The highest BCUT2D eigenvalue weighted by molar-refractivity contribution is 7.89. The first-order chi connectivity index (χ1) is 13.6. The van der Waals surface area contributed by atoms with Crippen LogP contribution in [-0.2, 0) is 19.6 Å². The first-order valence-corrected chi connectivity index (χ1v) is 11.0. The number of Topliss-reactive ketones (excluding diaryl/α,β-unsaturated/α-hetero) is 1. The summed E-state index contributed by atoms with van der Waals surface area (Å²) in [5.74, 6) is -1.10. The van der Waals surface area contributed by atoms with Crippen LogP contribution in [0.1, 0.15) is 51.8 Å². The second-order valence-electron chi connectivity index (χ2n) is 7.54. The smallest absolute Gasteiger partial charge is 0.321 e. The highest BCUT2D eigenvalue weighted by atomic mass is 32.2. The minimum atomic E-state index is -3.84. The largest absolute Gasteiger partial charge is 0.456 e. The van der Waals surface area contributed by atoms with Crippen molar-refractivity contribution in [2.24, 2.45) is 0 Å². The van der Waals surface area contributed by atoms with Crippen LogP contribution in [0.25, 0.3) is 0 Å². The van der Waals surface area contributed by atoms with Gasteiger partial charge >= 0.3 is 5.97 Å². The number of hydrogen-bond acceptors (Lipinski definition) is 5. The van der Waals surface area contributed by atoms with E-state index in [1.54, 1.807) is 12.1 Å². The van der Waals surface area contributed by atoms with E-state index in [-0.39, 0.29) is 10.7 Å². The summed E-state index contributed by atoms with van der Waals surface area (Å²) in [5, 5.41) is 0. The third kappa shape index (κ3) is 4.76. The maximum Gasteiger partial charge on any atom is 0.321 e. The van der Waals surface area contributed by atoms with Crippen LogP contribution in [0, 0.1) is 27.7 Å². The molecule has 1 N–H and O–H groups in total. The molecule has 0 atom stereocenters. The lowest BCUT2D eigenvalue weighted by Gasteiger charge is -2.09. The van der Waals surface area contributed by atoms with Crippen molar-refractivity contribution in [3.8, 4) is 0 Å². The summed E-state index contributed by atoms with van der Waals surface area (Å²) in [7, 11) is -3.84. The lowest BCUT2D eigenvalue weighted by atomic mass is 10.1. The number of sulfonamides is 1. The molecule has 1 aliphatic carbocycles. The van der Waals surface area contributed by atoms with Crippen LogP contribution >= 0.6 is 0 Å². The van der Waals surface area contributed by atoms with Crippen LogP contribution in [0.15, 0.2) is 29.2 Å².